The van der Waals surface area contributed by atoms with Gasteiger partial charge >= 0.3 is 16.1 Å². The summed E-state index contributed by atoms with van der Waals surface area (Å²) >= 11 is 0. The molecule has 0 amide bonds. The van der Waals surface area contributed by atoms with Crippen LogP contribution < -0.4 is 0 Å². The summed E-state index contributed by atoms with van der Waals surface area (Å²) in [5.74, 6) is -1.72. The maximum Gasteiger partial charge on any atom is 0.309 e. The van der Waals surface area contributed by atoms with Gasteiger partial charge in [-0.05, 0) is 27.3 Å². The minimum absolute atomic E-state index is 0.0185. The van der Waals surface area contributed by atoms with Crippen molar-refractivity contribution in [2.75, 3.05) is 26.1 Å². The number of hydrogen-bond donors (Lipinski definition) is 0. The van der Waals surface area contributed by atoms with Crippen LogP contribution in [0.25, 0.3) is 0 Å². The van der Waals surface area contributed by atoms with Gasteiger partial charge in [0.05, 0.1) is 18.6 Å². The van der Waals surface area contributed by atoms with Gasteiger partial charge in [0.15, 0.2) is 0 Å². The molecule has 0 spiro atoms. The summed E-state index contributed by atoms with van der Waals surface area (Å²) in [6.45, 7) is 6.99. The molecule has 0 saturated heterocycles. The number of carbonyl (C=O) groups excluding carboxylic acids is 2. The van der Waals surface area contributed by atoms with Crippen molar-refractivity contribution in [3.05, 3.63) is 0 Å². The summed E-state index contributed by atoms with van der Waals surface area (Å²) in [5, 5.41) is 0. The molecule has 0 aliphatic carbocycles. The number of esters is 1. The number of rotatable bonds is 10. The Kier molecular flexibility index (Phi) is 8.68. The van der Waals surface area contributed by atoms with Gasteiger partial charge in [-0.25, -0.2) is 0 Å². The minimum Gasteiger partial charge on any atom is -0.446 e. The second-order valence-corrected chi connectivity index (χ2v) is 6.80. The van der Waals surface area contributed by atoms with Gasteiger partial charge in [0.25, 0.3) is 0 Å². The van der Waals surface area contributed by atoms with Crippen LogP contribution in [-0.2, 0) is 28.6 Å². The summed E-state index contributed by atoms with van der Waals surface area (Å²) in [4.78, 5) is 24.0. The van der Waals surface area contributed by atoms with Gasteiger partial charge in [-0.15, -0.1) is 0 Å². The Labute approximate surface area is 126 Å². The Morgan fingerprint density at radius 3 is 2.29 bits per heavy atom. The van der Waals surface area contributed by atoms with Crippen LogP contribution in [0.5, 0.6) is 0 Å². The van der Waals surface area contributed by atoms with Crippen LogP contribution in [0.1, 0.15) is 34.1 Å². The molecule has 0 aliphatic heterocycles. The van der Waals surface area contributed by atoms with E-state index in [9.17, 15) is 18.0 Å². The lowest BCUT2D eigenvalue weighted by atomic mass is 10.1. The first kappa shape index (κ1) is 20.0. The number of ketones is 1. The zero-order valence-corrected chi connectivity index (χ0v) is 14.1. The van der Waals surface area contributed by atoms with Gasteiger partial charge < -0.3 is 4.74 Å². The summed E-state index contributed by atoms with van der Waals surface area (Å²) in [7, 11) is -2.26. The lowest BCUT2D eigenvalue weighted by Crippen LogP contribution is -2.34. The largest absolute Gasteiger partial charge is 0.446 e. The molecule has 7 nitrogen and oxygen atoms in total. The Morgan fingerprint density at radius 1 is 1.24 bits per heavy atom. The van der Waals surface area contributed by atoms with Crippen molar-refractivity contribution in [2.24, 2.45) is 5.92 Å². The molecule has 0 radical (unpaired) electrons. The fourth-order valence-electron chi connectivity index (χ4n) is 1.63. The fraction of sp³-hybridized carbons (Fsp3) is 0.846. The molecule has 0 saturated carbocycles. The molecule has 0 heterocycles. The molecule has 0 rings (SSSR count). The Balaban J connectivity index is 4.28. The Bertz CT molecular complexity index is 448. The average Bonchev–Trinajstić information content (AvgIpc) is 2.32. The quantitative estimate of drug-likeness (QED) is 0.433. The normalized spacial score (nSPS) is 14.8. The zero-order valence-electron chi connectivity index (χ0n) is 13.3. The van der Waals surface area contributed by atoms with Gasteiger partial charge in [0, 0.05) is 6.54 Å². The molecule has 0 aromatic heterocycles. The average molecular weight is 323 g/mol. The summed E-state index contributed by atoms with van der Waals surface area (Å²) in [6.07, 6.45) is -0.0620. The first-order chi connectivity index (χ1) is 9.57. The second-order valence-electron chi connectivity index (χ2n) is 5.25. The van der Waals surface area contributed by atoms with Crippen molar-refractivity contribution >= 4 is 21.9 Å². The first-order valence-electron chi connectivity index (χ1n) is 6.83. The van der Waals surface area contributed by atoms with E-state index in [1.165, 1.54) is 6.92 Å². The van der Waals surface area contributed by atoms with Crippen LogP contribution in [0.4, 0.5) is 0 Å². The third-order valence-electron chi connectivity index (χ3n) is 2.73. The highest BCUT2D eigenvalue weighted by Gasteiger charge is 2.21. The number of likely N-dealkylation sites (N-methyl/N-ethyl adjacent to an activating group) is 1. The van der Waals surface area contributed by atoms with Crippen molar-refractivity contribution in [1.29, 1.82) is 0 Å². The van der Waals surface area contributed by atoms with Crippen LogP contribution >= 0.6 is 0 Å². The summed E-state index contributed by atoms with van der Waals surface area (Å²) < 4.78 is 33.0. The van der Waals surface area contributed by atoms with Crippen LogP contribution in [0.2, 0.25) is 0 Å². The molecule has 0 bridgehead atoms. The van der Waals surface area contributed by atoms with Crippen LogP contribution in [0.15, 0.2) is 0 Å². The maximum absolute atomic E-state index is 11.7. The van der Waals surface area contributed by atoms with Crippen LogP contribution in [0.3, 0.4) is 0 Å². The molecule has 2 unspecified atom stereocenters. The Morgan fingerprint density at radius 2 is 1.81 bits per heavy atom. The maximum atomic E-state index is 11.7. The van der Waals surface area contributed by atoms with E-state index in [0.717, 1.165) is 0 Å². The predicted molar refractivity (Wildman–Crippen MR) is 78.1 cm³/mol. The van der Waals surface area contributed by atoms with Crippen molar-refractivity contribution in [3.8, 4) is 0 Å². The SMILES string of the molecule is CCC(C)C(=O)OCS(=O)(=O)OC(C)CN(C)CC(C)=O. The molecular formula is C13H25NO6S. The molecule has 124 valence electrons. The zero-order chi connectivity index (χ0) is 16.6. The molecule has 8 heteroatoms. The first-order valence-corrected chi connectivity index (χ1v) is 8.40. The van der Waals surface area contributed by atoms with Crippen molar-refractivity contribution in [2.45, 2.75) is 40.2 Å². The van der Waals surface area contributed by atoms with E-state index >= 15 is 0 Å². The molecule has 0 fully saturated rings. The highest BCUT2D eigenvalue weighted by Crippen LogP contribution is 2.07. The van der Waals surface area contributed by atoms with E-state index in [-0.39, 0.29) is 24.8 Å². The van der Waals surface area contributed by atoms with Gasteiger partial charge in [-0.1, -0.05) is 13.8 Å². The number of hydrogen-bond acceptors (Lipinski definition) is 7. The van der Waals surface area contributed by atoms with Crippen molar-refractivity contribution in [3.63, 3.8) is 0 Å². The van der Waals surface area contributed by atoms with E-state index in [1.807, 2.05) is 6.92 Å². The molecule has 21 heavy (non-hydrogen) atoms. The van der Waals surface area contributed by atoms with E-state index < -0.39 is 28.1 Å². The molecule has 2 atom stereocenters. The highest BCUT2D eigenvalue weighted by molar-refractivity contribution is 7.86. The van der Waals surface area contributed by atoms with Gasteiger partial charge in [-0.2, -0.15) is 8.42 Å². The highest BCUT2D eigenvalue weighted by atomic mass is 32.2. The topological polar surface area (TPSA) is 90.0 Å². The monoisotopic (exact) mass is 323 g/mol. The van der Waals surface area contributed by atoms with E-state index in [2.05, 4.69) is 0 Å². The summed E-state index contributed by atoms with van der Waals surface area (Å²) in [5.41, 5.74) is 0. The van der Waals surface area contributed by atoms with Gasteiger partial charge in [0.1, 0.15) is 5.78 Å². The minimum atomic E-state index is -3.95. The van der Waals surface area contributed by atoms with Crippen LogP contribution in [0, 0.1) is 5.92 Å². The fourth-order valence-corrected chi connectivity index (χ4v) is 2.51. The molecule has 0 aromatic carbocycles. The van der Waals surface area contributed by atoms with E-state index in [4.69, 9.17) is 8.92 Å². The number of carbonyl (C=O) groups is 2. The summed E-state index contributed by atoms with van der Waals surface area (Å²) in [6, 6.07) is 0. The number of nitrogens with zero attached hydrogens (tertiary/aromatic N) is 1. The van der Waals surface area contributed by atoms with Crippen LogP contribution in [-0.4, -0.2) is 57.3 Å². The van der Waals surface area contributed by atoms with Gasteiger partial charge in [0.2, 0.25) is 5.94 Å². The molecular weight excluding hydrogens is 298 g/mol. The number of Topliss-reactive ketones (excluding diaryl/α,β-unsaturated/α-hetero) is 1. The number of ether oxygens (including phenoxy) is 1. The predicted octanol–water partition coefficient (Wildman–Crippen LogP) is 0.789. The third kappa shape index (κ3) is 9.54. The Hall–Kier alpha value is -0.990. The standard InChI is InChI=1S/C13H25NO6S/c1-6-10(2)13(16)19-9-21(17,18)20-12(4)8-14(5)7-11(3)15/h10,12H,6-9H2,1-5H3. The smallest absolute Gasteiger partial charge is 0.309 e. The van der Waals surface area contributed by atoms with Crippen molar-refractivity contribution in [1.82, 2.24) is 4.90 Å². The van der Waals surface area contributed by atoms with E-state index in [1.54, 1.807) is 25.8 Å². The molecule has 0 aliphatic rings. The third-order valence-corrected chi connectivity index (χ3v) is 3.76. The lowest BCUT2D eigenvalue weighted by Gasteiger charge is -2.20. The lowest BCUT2D eigenvalue weighted by molar-refractivity contribution is -0.146. The molecule has 0 N–H and O–H groups in total. The molecule has 0 aromatic rings. The van der Waals surface area contributed by atoms with E-state index in [0.29, 0.717) is 6.42 Å². The van der Waals surface area contributed by atoms with Crippen molar-refractivity contribution < 1.29 is 26.9 Å². The van der Waals surface area contributed by atoms with Gasteiger partial charge in [-0.3, -0.25) is 18.7 Å². The second kappa shape index (κ2) is 9.11.